The van der Waals surface area contributed by atoms with Gasteiger partial charge in [-0.2, -0.15) is 0 Å². The van der Waals surface area contributed by atoms with Crippen LogP contribution in [0.2, 0.25) is 0 Å². The van der Waals surface area contributed by atoms with Crippen molar-refractivity contribution in [1.82, 2.24) is 9.55 Å². The molecule has 3 N–H and O–H groups in total. The van der Waals surface area contributed by atoms with Gasteiger partial charge in [0.15, 0.2) is 12.3 Å². The van der Waals surface area contributed by atoms with Gasteiger partial charge in [0, 0.05) is 20.2 Å². The summed E-state index contributed by atoms with van der Waals surface area (Å²) in [6, 6.07) is 5.52. The second-order valence-corrected chi connectivity index (χ2v) is 7.57. The summed E-state index contributed by atoms with van der Waals surface area (Å²) < 4.78 is 12.0. The minimum absolute atomic E-state index is 0.0620. The van der Waals surface area contributed by atoms with E-state index in [2.05, 4.69) is 4.98 Å². The minimum atomic E-state index is -0.729. The molecule has 0 saturated carbocycles. The Kier molecular flexibility index (Phi) is 7.82. The van der Waals surface area contributed by atoms with E-state index >= 15 is 0 Å². The molecule has 0 aliphatic carbocycles. The Balaban J connectivity index is 2.36. The van der Waals surface area contributed by atoms with Gasteiger partial charge in [-0.3, -0.25) is 24.0 Å². The summed E-state index contributed by atoms with van der Waals surface area (Å²) in [5.74, 6) is 0.120. The number of aryl methyl sites for hydroxylation is 2. The number of H-pyrrole nitrogens is 1. The number of hydrogen-bond acceptors (Lipinski definition) is 6. The van der Waals surface area contributed by atoms with E-state index in [1.54, 1.807) is 6.07 Å². The summed E-state index contributed by atoms with van der Waals surface area (Å²) in [5, 5.41) is 0. The molecule has 9 nitrogen and oxygen atoms in total. The van der Waals surface area contributed by atoms with Gasteiger partial charge in [-0.1, -0.05) is 19.9 Å². The van der Waals surface area contributed by atoms with Crippen LogP contribution in [-0.4, -0.2) is 42.3 Å². The Labute approximate surface area is 175 Å². The van der Waals surface area contributed by atoms with Crippen molar-refractivity contribution in [2.24, 2.45) is 5.92 Å². The number of amides is 1. The number of anilines is 2. The van der Waals surface area contributed by atoms with Gasteiger partial charge in [-0.05, 0) is 43.0 Å². The molecule has 1 aromatic carbocycles. The van der Waals surface area contributed by atoms with E-state index < -0.39 is 17.2 Å². The first kappa shape index (κ1) is 23.2. The van der Waals surface area contributed by atoms with E-state index in [0.717, 1.165) is 11.1 Å². The van der Waals surface area contributed by atoms with Crippen LogP contribution in [0.4, 0.5) is 11.5 Å². The van der Waals surface area contributed by atoms with Crippen molar-refractivity contribution in [3.8, 4) is 5.75 Å². The van der Waals surface area contributed by atoms with E-state index in [-0.39, 0.29) is 37.2 Å². The molecule has 0 atom stereocenters. The summed E-state index contributed by atoms with van der Waals surface area (Å²) in [5.41, 5.74) is 6.89. The molecule has 164 valence electrons. The number of nitrogens with two attached hydrogens (primary N) is 1. The third-order valence-electron chi connectivity index (χ3n) is 4.69. The van der Waals surface area contributed by atoms with Crippen molar-refractivity contribution in [3.05, 3.63) is 50.2 Å². The molecular formula is C21H30N4O5. The lowest BCUT2D eigenvalue weighted by molar-refractivity contribution is -0.120. The molecule has 2 rings (SSSR count). The second-order valence-electron chi connectivity index (χ2n) is 7.57. The predicted octanol–water partition coefficient (Wildman–Crippen LogP) is 1.45. The van der Waals surface area contributed by atoms with E-state index in [1.807, 2.05) is 39.8 Å². The predicted molar refractivity (Wildman–Crippen MR) is 116 cm³/mol. The van der Waals surface area contributed by atoms with Crippen molar-refractivity contribution in [2.75, 3.05) is 37.5 Å². The molecule has 1 amide bonds. The van der Waals surface area contributed by atoms with Gasteiger partial charge in [-0.15, -0.1) is 0 Å². The van der Waals surface area contributed by atoms with Crippen LogP contribution in [0.1, 0.15) is 25.0 Å². The Bertz CT molecular complexity index is 1010. The highest BCUT2D eigenvalue weighted by molar-refractivity contribution is 5.96. The summed E-state index contributed by atoms with van der Waals surface area (Å²) in [7, 11) is 1.49. The van der Waals surface area contributed by atoms with Crippen molar-refractivity contribution in [2.45, 2.75) is 34.2 Å². The topological polar surface area (TPSA) is 120 Å². The Hall–Kier alpha value is -3.07. The fourth-order valence-corrected chi connectivity index (χ4v) is 2.96. The maximum absolute atomic E-state index is 12.9. The lowest BCUT2D eigenvalue weighted by Gasteiger charge is -2.24. The lowest BCUT2D eigenvalue weighted by atomic mass is 10.1. The molecule has 0 unspecified atom stereocenters. The van der Waals surface area contributed by atoms with E-state index in [0.29, 0.717) is 12.3 Å². The molecule has 0 bridgehead atoms. The first-order valence-corrected chi connectivity index (χ1v) is 9.77. The molecule has 1 heterocycles. The third kappa shape index (κ3) is 5.50. The molecule has 30 heavy (non-hydrogen) atoms. The molecule has 9 heteroatoms. The van der Waals surface area contributed by atoms with Crippen LogP contribution < -0.4 is 26.6 Å². The third-order valence-corrected chi connectivity index (χ3v) is 4.69. The largest absolute Gasteiger partial charge is 0.484 e. The number of aromatic nitrogens is 2. The second kappa shape index (κ2) is 10.1. The number of carbonyl (C=O) groups is 1. The van der Waals surface area contributed by atoms with Crippen LogP contribution in [0.5, 0.6) is 5.75 Å². The first-order chi connectivity index (χ1) is 14.1. The van der Waals surface area contributed by atoms with Gasteiger partial charge < -0.3 is 15.2 Å². The van der Waals surface area contributed by atoms with E-state index in [1.165, 1.54) is 16.6 Å². The zero-order chi connectivity index (χ0) is 22.4. The highest BCUT2D eigenvalue weighted by atomic mass is 16.5. The van der Waals surface area contributed by atoms with Gasteiger partial charge >= 0.3 is 5.69 Å². The maximum atomic E-state index is 12.9. The van der Waals surface area contributed by atoms with Crippen LogP contribution in [0.25, 0.3) is 0 Å². The lowest BCUT2D eigenvalue weighted by Crippen LogP contribution is -2.44. The van der Waals surface area contributed by atoms with Gasteiger partial charge in [0.2, 0.25) is 0 Å². The van der Waals surface area contributed by atoms with Gasteiger partial charge in [0.05, 0.1) is 6.61 Å². The standard InChI is InChI=1S/C21H30N4O5/c1-13(2)11-25-19(22)18(20(27)23-21(25)28)24(8-9-29-5)17(26)12-30-16-7-6-14(3)15(4)10-16/h6-7,10,13H,8-9,11-12,22H2,1-5H3,(H,23,27,28). The normalized spacial score (nSPS) is 11.0. The quantitative estimate of drug-likeness (QED) is 0.636. The average Bonchev–Trinajstić information content (AvgIpc) is 2.68. The minimum Gasteiger partial charge on any atom is -0.484 e. The Morgan fingerprint density at radius 3 is 2.53 bits per heavy atom. The van der Waals surface area contributed by atoms with Crippen LogP contribution in [0.3, 0.4) is 0 Å². The number of rotatable bonds is 9. The summed E-state index contributed by atoms with van der Waals surface area (Å²) in [6.45, 7) is 8.04. The zero-order valence-corrected chi connectivity index (χ0v) is 18.2. The first-order valence-electron chi connectivity index (χ1n) is 9.77. The van der Waals surface area contributed by atoms with Crippen molar-refractivity contribution >= 4 is 17.4 Å². The van der Waals surface area contributed by atoms with Crippen molar-refractivity contribution in [1.29, 1.82) is 0 Å². The molecular weight excluding hydrogens is 388 g/mol. The Morgan fingerprint density at radius 2 is 1.93 bits per heavy atom. The molecule has 0 radical (unpaired) electrons. The van der Waals surface area contributed by atoms with E-state index in [9.17, 15) is 14.4 Å². The number of ether oxygens (including phenoxy) is 2. The number of nitrogens with zero attached hydrogens (tertiary/aromatic N) is 2. The number of benzene rings is 1. The molecule has 0 spiro atoms. The van der Waals surface area contributed by atoms with Gasteiger partial charge in [0.1, 0.15) is 11.6 Å². The highest BCUT2D eigenvalue weighted by Crippen LogP contribution is 2.19. The van der Waals surface area contributed by atoms with Crippen LogP contribution in [0.15, 0.2) is 27.8 Å². The zero-order valence-electron chi connectivity index (χ0n) is 18.2. The van der Waals surface area contributed by atoms with Crippen LogP contribution in [-0.2, 0) is 16.1 Å². The van der Waals surface area contributed by atoms with Crippen LogP contribution in [0, 0.1) is 19.8 Å². The number of nitrogens with one attached hydrogen (secondary N) is 1. The fourth-order valence-electron chi connectivity index (χ4n) is 2.96. The van der Waals surface area contributed by atoms with Crippen LogP contribution >= 0.6 is 0 Å². The number of methoxy groups -OCH3 is 1. The van der Waals surface area contributed by atoms with E-state index in [4.69, 9.17) is 15.2 Å². The summed E-state index contributed by atoms with van der Waals surface area (Å²) >= 11 is 0. The number of nitrogen functional groups attached to an aromatic ring is 1. The van der Waals surface area contributed by atoms with Gasteiger partial charge in [-0.25, -0.2) is 4.79 Å². The molecule has 2 aromatic rings. The smallest absolute Gasteiger partial charge is 0.330 e. The number of aromatic amines is 1. The Morgan fingerprint density at radius 1 is 1.23 bits per heavy atom. The molecule has 0 fully saturated rings. The fraction of sp³-hybridized carbons (Fsp3) is 0.476. The SMILES string of the molecule is COCCN(C(=O)COc1ccc(C)c(C)c1)c1c(N)n(CC(C)C)c(=O)[nH]c1=O. The van der Waals surface area contributed by atoms with Crippen molar-refractivity contribution in [3.63, 3.8) is 0 Å². The molecule has 1 aromatic heterocycles. The van der Waals surface area contributed by atoms with Crippen molar-refractivity contribution < 1.29 is 14.3 Å². The highest BCUT2D eigenvalue weighted by Gasteiger charge is 2.24. The summed E-state index contributed by atoms with van der Waals surface area (Å²) in [4.78, 5) is 41.1. The molecule has 0 aliphatic rings. The molecule has 0 aliphatic heterocycles. The number of carbonyl (C=O) groups excluding carboxylic acids is 1. The molecule has 0 saturated heterocycles. The number of hydrogen-bond donors (Lipinski definition) is 2. The maximum Gasteiger partial charge on any atom is 0.330 e. The average molecular weight is 418 g/mol. The monoisotopic (exact) mass is 418 g/mol. The van der Waals surface area contributed by atoms with Gasteiger partial charge in [0.25, 0.3) is 11.5 Å². The summed E-state index contributed by atoms with van der Waals surface area (Å²) in [6.07, 6.45) is 0.